The molecule has 5 heteroatoms. The topological polar surface area (TPSA) is 25.4 Å². The van der Waals surface area contributed by atoms with Crippen molar-refractivity contribution in [2.45, 2.75) is 12.5 Å². The first-order chi connectivity index (χ1) is 6.36. The SMILES string of the molecule is CN1CC[C@H]1COc1cccnc1.Cl.Cl. The van der Waals surface area contributed by atoms with Crippen LogP contribution in [0.4, 0.5) is 0 Å². The van der Waals surface area contributed by atoms with E-state index in [1.807, 2.05) is 12.1 Å². The van der Waals surface area contributed by atoms with E-state index in [-0.39, 0.29) is 24.8 Å². The van der Waals surface area contributed by atoms with Crippen molar-refractivity contribution in [1.29, 1.82) is 0 Å². The zero-order valence-electron chi connectivity index (χ0n) is 8.63. The third-order valence-electron chi connectivity index (χ3n) is 2.52. The lowest BCUT2D eigenvalue weighted by molar-refractivity contribution is 0.0767. The van der Waals surface area contributed by atoms with Gasteiger partial charge in [-0.2, -0.15) is 0 Å². The highest BCUT2D eigenvalue weighted by atomic mass is 35.5. The Bertz CT molecular complexity index is 271. The second kappa shape index (κ2) is 6.88. The lowest BCUT2D eigenvalue weighted by atomic mass is 10.1. The molecule has 1 fully saturated rings. The maximum absolute atomic E-state index is 5.58. The van der Waals surface area contributed by atoms with E-state index in [2.05, 4.69) is 16.9 Å². The van der Waals surface area contributed by atoms with E-state index in [1.54, 1.807) is 12.4 Å². The number of pyridine rings is 1. The summed E-state index contributed by atoms with van der Waals surface area (Å²) in [5.41, 5.74) is 0. The van der Waals surface area contributed by atoms with Crippen molar-refractivity contribution < 1.29 is 4.74 Å². The first kappa shape index (κ1) is 14.5. The van der Waals surface area contributed by atoms with Crippen LogP contribution >= 0.6 is 24.8 Å². The van der Waals surface area contributed by atoms with Crippen molar-refractivity contribution in [3.63, 3.8) is 0 Å². The van der Waals surface area contributed by atoms with Gasteiger partial charge in [0.15, 0.2) is 0 Å². The molecule has 0 radical (unpaired) electrons. The van der Waals surface area contributed by atoms with Gasteiger partial charge in [-0.3, -0.25) is 9.88 Å². The van der Waals surface area contributed by atoms with Crippen LogP contribution in [-0.4, -0.2) is 36.1 Å². The highest BCUT2D eigenvalue weighted by Gasteiger charge is 2.24. The predicted molar refractivity (Wildman–Crippen MR) is 65.3 cm³/mol. The Labute approximate surface area is 103 Å². The van der Waals surface area contributed by atoms with E-state index in [4.69, 9.17) is 4.74 Å². The Morgan fingerprint density at radius 2 is 2.33 bits per heavy atom. The molecular formula is C10H16Cl2N2O. The van der Waals surface area contributed by atoms with E-state index >= 15 is 0 Å². The van der Waals surface area contributed by atoms with Crippen LogP contribution in [0.2, 0.25) is 0 Å². The zero-order valence-corrected chi connectivity index (χ0v) is 10.3. The largest absolute Gasteiger partial charge is 0.490 e. The van der Waals surface area contributed by atoms with E-state index in [0.29, 0.717) is 6.04 Å². The fraction of sp³-hybridized carbons (Fsp3) is 0.500. The Balaban J connectivity index is 0.000000980. The van der Waals surface area contributed by atoms with Crippen molar-refractivity contribution in [2.75, 3.05) is 20.2 Å². The molecule has 86 valence electrons. The van der Waals surface area contributed by atoms with Crippen LogP contribution in [-0.2, 0) is 0 Å². The Morgan fingerprint density at radius 3 is 2.80 bits per heavy atom. The minimum absolute atomic E-state index is 0. The predicted octanol–water partition coefficient (Wildman–Crippen LogP) is 2.01. The van der Waals surface area contributed by atoms with Gasteiger partial charge in [0.2, 0.25) is 0 Å². The van der Waals surface area contributed by atoms with Gasteiger partial charge in [-0.05, 0) is 32.1 Å². The highest BCUT2D eigenvalue weighted by molar-refractivity contribution is 5.85. The third kappa shape index (κ3) is 3.86. The van der Waals surface area contributed by atoms with Crippen molar-refractivity contribution in [2.24, 2.45) is 0 Å². The van der Waals surface area contributed by atoms with Crippen LogP contribution in [0.1, 0.15) is 6.42 Å². The molecule has 0 unspecified atom stereocenters. The second-order valence-electron chi connectivity index (χ2n) is 3.42. The van der Waals surface area contributed by atoms with Gasteiger partial charge in [-0.1, -0.05) is 0 Å². The summed E-state index contributed by atoms with van der Waals surface area (Å²) >= 11 is 0. The van der Waals surface area contributed by atoms with Crippen molar-refractivity contribution >= 4 is 24.8 Å². The second-order valence-corrected chi connectivity index (χ2v) is 3.42. The summed E-state index contributed by atoms with van der Waals surface area (Å²) < 4.78 is 5.58. The van der Waals surface area contributed by atoms with Crippen LogP contribution in [0.25, 0.3) is 0 Å². The molecule has 0 aromatic carbocycles. The normalized spacial score (nSPS) is 19.4. The molecule has 2 rings (SSSR count). The number of ether oxygens (including phenoxy) is 1. The molecule has 1 aromatic heterocycles. The molecule has 1 aliphatic heterocycles. The van der Waals surface area contributed by atoms with Gasteiger partial charge in [-0.15, -0.1) is 24.8 Å². The van der Waals surface area contributed by atoms with E-state index in [1.165, 1.54) is 13.0 Å². The monoisotopic (exact) mass is 250 g/mol. The van der Waals surface area contributed by atoms with Crippen LogP contribution in [0, 0.1) is 0 Å². The number of likely N-dealkylation sites (N-methyl/N-ethyl adjacent to an activating group) is 1. The molecule has 0 bridgehead atoms. The Kier molecular flexibility index (Phi) is 6.65. The van der Waals surface area contributed by atoms with Gasteiger partial charge < -0.3 is 4.74 Å². The van der Waals surface area contributed by atoms with E-state index in [9.17, 15) is 0 Å². The number of halogens is 2. The molecular weight excluding hydrogens is 235 g/mol. The quantitative estimate of drug-likeness (QED) is 0.821. The first-order valence-corrected chi connectivity index (χ1v) is 4.59. The molecule has 0 spiro atoms. The fourth-order valence-corrected chi connectivity index (χ4v) is 1.41. The number of nitrogens with zero attached hydrogens (tertiary/aromatic N) is 2. The lowest BCUT2D eigenvalue weighted by Gasteiger charge is -2.37. The Morgan fingerprint density at radius 1 is 1.53 bits per heavy atom. The lowest BCUT2D eigenvalue weighted by Crippen LogP contribution is -2.48. The summed E-state index contributed by atoms with van der Waals surface area (Å²) in [7, 11) is 2.13. The van der Waals surface area contributed by atoms with Crippen LogP contribution in [0.3, 0.4) is 0 Å². The highest BCUT2D eigenvalue weighted by Crippen LogP contribution is 2.16. The van der Waals surface area contributed by atoms with Gasteiger partial charge in [0.1, 0.15) is 12.4 Å². The van der Waals surface area contributed by atoms with E-state index < -0.39 is 0 Å². The standard InChI is InChI=1S/C10H14N2O.2ClH/c1-12-6-4-9(12)8-13-10-3-2-5-11-7-10;;/h2-3,5,7,9H,4,6,8H2,1H3;2*1H/t9-;;/m0../s1. The van der Waals surface area contributed by atoms with Crippen LogP contribution in [0.15, 0.2) is 24.5 Å². The average Bonchev–Trinajstić information content (AvgIpc) is 2.17. The number of rotatable bonds is 3. The van der Waals surface area contributed by atoms with E-state index in [0.717, 1.165) is 12.4 Å². The minimum atomic E-state index is 0. The smallest absolute Gasteiger partial charge is 0.137 e. The van der Waals surface area contributed by atoms with Gasteiger partial charge >= 0.3 is 0 Å². The number of aromatic nitrogens is 1. The summed E-state index contributed by atoms with van der Waals surface area (Å²) in [5, 5.41) is 0. The first-order valence-electron chi connectivity index (χ1n) is 4.59. The molecule has 0 N–H and O–H groups in total. The van der Waals surface area contributed by atoms with Gasteiger partial charge in [0, 0.05) is 12.2 Å². The van der Waals surface area contributed by atoms with Gasteiger partial charge in [-0.25, -0.2) is 0 Å². The fourth-order valence-electron chi connectivity index (χ4n) is 1.41. The molecule has 1 aliphatic rings. The minimum Gasteiger partial charge on any atom is -0.490 e. The van der Waals surface area contributed by atoms with Crippen molar-refractivity contribution in [3.05, 3.63) is 24.5 Å². The van der Waals surface area contributed by atoms with Crippen LogP contribution in [0.5, 0.6) is 5.75 Å². The summed E-state index contributed by atoms with van der Waals surface area (Å²) in [6.45, 7) is 1.98. The average molecular weight is 251 g/mol. The number of hydrogen-bond acceptors (Lipinski definition) is 3. The molecule has 3 nitrogen and oxygen atoms in total. The van der Waals surface area contributed by atoms with Crippen molar-refractivity contribution in [1.82, 2.24) is 9.88 Å². The van der Waals surface area contributed by atoms with Crippen LogP contribution < -0.4 is 4.74 Å². The van der Waals surface area contributed by atoms with Gasteiger partial charge in [0.25, 0.3) is 0 Å². The summed E-state index contributed by atoms with van der Waals surface area (Å²) in [6.07, 6.45) is 4.75. The summed E-state index contributed by atoms with van der Waals surface area (Å²) in [5.74, 6) is 0.864. The molecule has 1 saturated heterocycles. The molecule has 0 aliphatic carbocycles. The summed E-state index contributed by atoms with van der Waals surface area (Å²) in [6, 6.07) is 4.42. The maximum Gasteiger partial charge on any atom is 0.137 e. The van der Waals surface area contributed by atoms with Gasteiger partial charge in [0.05, 0.1) is 6.20 Å². The molecule has 0 amide bonds. The zero-order chi connectivity index (χ0) is 9.10. The Hall–Kier alpha value is -0.510. The molecule has 1 aromatic rings. The number of likely N-dealkylation sites (tertiary alicyclic amines) is 1. The molecule has 2 heterocycles. The third-order valence-corrected chi connectivity index (χ3v) is 2.52. The van der Waals surface area contributed by atoms with Crippen molar-refractivity contribution in [3.8, 4) is 5.75 Å². The summed E-state index contributed by atoms with van der Waals surface area (Å²) in [4.78, 5) is 6.29. The molecule has 15 heavy (non-hydrogen) atoms. The number of hydrogen-bond donors (Lipinski definition) is 0. The molecule has 0 saturated carbocycles. The maximum atomic E-state index is 5.58. The molecule has 1 atom stereocenters.